The second-order valence-corrected chi connectivity index (χ2v) is 4.80. The molecule has 0 bridgehead atoms. The van der Waals surface area contributed by atoms with Crippen LogP contribution in [-0.2, 0) is 0 Å². The monoisotopic (exact) mass is 306 g/mol. The van der Waals surface area contributed by atoms with Crippen LogP contribution in [0.1, 0.15) is 10.4 Å². The summed E-state index contributed by atoms with van der Waals surface area (Å²) in [6, 6.07) is 7.21. The fourth-order valence-electron chi connectivity index (χ4n) is 1.81. The van der Waals surface area contributed by atoms with Crippen LogP contribution in [0.15, 0.2) is 36.8 Å². The summed E-state index contributed by atoms with van der Waals surface area (Å²) < 4.78 is 0. The van der Waals surface area contributed by atoms with Crippen LogP contribution in [0.2, 0.25) is 10.2 Å². The molecule has 0 unspecified atom stereocenters. The third kappa shape index (κ3) is 2.33. The van der Waals surface area contributed by atoms with Crippen LogP contribution in [0, 0.1) is 0 Å². The van der Waals surface area contributed by atoms with E-state index >= 15 is 0 Å². The first-order valence-corrected chi connectivity index (χ1v) is 6.45. The van der Waals surface area contributed by atoms with Crippen LogP contribution in [0.5, 0.6) is 0 Å². The molecule has 0 saturated carbocycles. The van der Waals surface area contributed by atoms with Crippen molar-refractivity contribution in [2.75, 3.05) is 5.32 Å². The van der Waals surface area contributed by atoms with Gasteiger partial charge in [-0.15, -0.1) is 0 Å². The molecule has 1 amide bonds. The molecule has 0 fully saturated rings. The minimum Gasteiger partial charge on any atom is -0.361 e. The molecule has 2 heterocycles. The van der Waals surface area contributed by atoms with Crippen molar-refractivity contribution >= 4 is 45.8 Å². The number of aromatic amines is 1. The van der Waals surface area contributed by atoms with Gasteiger partial charge >= 0.3 is 0 Å². The van der Waals surface area contributed by atoms with Crippen LogP contribution >= 0.6 is 23.2 Å². The number of H-pyrrole nitrogens is 1. The fourth-order valence-corrected chi connectivity index (χ4v) is 2.09. The van der Waals surface area contributed by atoms with E-state index in [1.807, 2.05) is 18.3 Å². The van der Waals surface area contributed by atoms with E-state index in [0.717, 1.165) is 10.9 Å². The number of anilines is 1. The first kappa shape index (κ1) is 12.9. The first-order valence-electron chi connectivity index (χ1n) is 5.69. The van der Waals surface area contributed by atoms with E-state index in [1.165, 1.54) is 6.33 Å². The molecule has 3 aromatic rings. The Bertz CT molecular complexity index is 800. The molecule has 0 spiro atoms. The molecule has 0 aliphatic rings. The number of carbonyl (C=O) groups is 1. The second-order valence-electron chi connectivity index (χ2n) is 4.06. The van der Waals surface area contributed by atoms with Gasteiger partial charge in [-0.1, -0.05) is 23.2 Å². The molecule has 0 aliphatic carbocycles. The van der Waals surface area contributed by atoms with Gasteiger partial charge in [0.25, 0.3) is 5.91 Å². The number of benzene rings is 1. The molecule has 0 atom stereocenters. The van der Waals surface area contributed by atoms with E-state index in [1.54, 1.807) is 12.1 Å². The molecule has 3 rings (SSSR count). The van der Waals surface area contributed by atoms with Crippen LogP contribution < -0.4 is 5.32 Å². The molecule has 0 aliphatic heterocycles. The molecule has 100 valence electrons. The maximum atomic E-state index is 12.2. The lowest BCUT2D eigenvalue weighted by molar-refractivity contribution is 0.102. The Morgan fingerprint density at radius 3 is 2.90 bits per heavy atom. The van der Waals surface area contributed by atoms with Crippen molar-refractivity contribution in [3.63, 3.8) is 0 Å². The van der Waals surface area contributed by atoms with Gasteiger partial charge in [0.2, 0.25) is 0 Å². The third-order valence-electron chi connectivity index (χ3n) is 2.79. The average Bonchev–Trinajstić information content (AvgIpc) is 2.91. The molecule has 20 heavy (non-hydrogen) atoms. The number of carbonyl (C=O) groups excluding carboxylic acids is 1. The Kier molecular flexibility index (Phi) is 3.30. The number of hydrogen-bond acceptors (Lipinski definition) is 3. The minimum atomic E-state index is -0.315. The van der Waals surface area contributed by atoms with Gasteiger partial charge in [0.05, 0.1) is 0 Å². The van der Waals surface area contributed by atoms with Gasteiger partial charge in [0.15, 0.2) is 11.0 Å². The molecule has 1 aromatic carbocycles. The number of halogens is 2. The topological polar surface area (TPSA) is 70.7 Å². The van der Waals surface area contributed by atoms with E-state index in [2.05, 4.69) is 20.3 Å². The van der Waals surface area contributed by atoms with E-state index in [9.17, 15) is 4.79 Å². The Balaban J connectivity index is 1.90. The van der Waals surface area contributed by atoms with Gasteiger partial charge in [0, 0.05) is 22.7 Å². The summed E-state index contributed by atoms with van der Waals surface area (Å²) in [6.45, 7) is 0. The number of aromatic nitrogens is 3. The summed E-state index contributed by atoms with van der Waals surface area (Å²) in [5.74, 6) is -0.129. The maximum absolute atomic E-state index is 12.2. The van der Waals surface area contributed by atoms with E-state index < -0.39 is 0 Å². The summed E-state index contributed by atoms with van der Waals surface area (Å²) in [7, 11) is 0. The molecule has 7 heteroatoms. The van der Waals surface area contributed by atoms with Gasteiger partial charge in [-0.3, -0.25) is 4.79 Å². The second kappa shape index (κ2) is 5.11. The molecule has 2 aromatic heterocycles. The first-order chi connectivity index (χ1) is 9.65. The van der Waals surface area contributed by atoms with E-state index in [-0.39, 0.29) is 21.9 Å². The normalized spacial score (nSPS) is 10.7. The van der Waals surface area contributed by atoms with Crippen LogP contribution in [0.25, 0.3) is 10.9 Å². The molecular weight excluding hydrogens is 299 g/mol. The standard InChI is InChI=1S/C13H8Cl2N4O/c14-10-11(15)17-6-18-12(10)19-13(20)8-1-2-9-7(5-8)3-4-16-9/h1-6,16H,(H,17,18,19,20). The summed E-state index contributed by atoms with van der Waals surface area (Å²) in [6.07, 6.45) is 3.05. The van der Waals surface area contributed by atoms with E-state index in [4.69, 9.17) is 23.2 Å². The van der Waals surface area contributed by atoms with Crippen molar-refractivity contribution in [1.82, 2.24) is 15.0 Å². The highest BCUT2D eigenvalue weighted by Gasteiger charge is 2.12. The predicted molar refractivity (Wildman–Crippen MR) is 78.3 cm³/mol. The van der Waals surface area contributed by atoms with Gasteiger partial charge in [0.1, 0.15) is 11.3 Å². The summed E-state index contributed by atoms with van der Waals surface area (Å²) in [5, 5.41) is 3.77. The fraction of sp³-hybridized carbons (Fsp3) is 0. The number of nitrogens with one attached hydrogen (secondary N) is 2. The number of hydrogen-bond donors (Lipinski definition) is 2. The zero-order valence-corrected chi connectivity index (χ0v) is 11.5. The van der Waals surface area contributed by atoms with Crippen molar-refractivity contribution in [3.8, 4) is 0 Å². The summed E-state index contributed by atoms with van der Waals surface area (Å²) >= 11 is 11.7. The Hall–Kier alpha value is -2.11. The van der Waals surface area contributed by atoms with Crippen LogP contribution in [-0.4, -0.2) is 20.9 Å². The van der Waals surface area contributed by atoms with Crippen molar-refractivity contribution in [2.45, 2.75) is 0 Å². The largest absolute Gasteiger partial charge is 0.361 e. The van der Waals surface area contributed by atoms with Crippen molar-refractivity contribution < 1.29 is 4.79 Å². The Morgan fingerprint density at radius 2 is 2.05 bits per heavy atom. The molecule has 2 N–H and O–H groups in total. The highest BCUT2D eigenvalue weighted by atomic mass is 35.5. The van der Waals surface area contributed by atoms with Gasteiger partial charge < -0.3 is 10.3 Å². The maximum Gasteiger partial charge on any atom is 0.256 e. The number of amides is 1. The number of rotatable bonds is 2. The van der Waals surface area contributed by atoms with Gasteiger partial charge in [-0.05, 0) is 24.3 Å². The van der Waals surface area contributed by atoms with Crippen molar-refractivity contribution in [2.24, 2.45) is 0 Å². The highest BCUT2D eigenvalue weighted by Crippen LogP contribution is 2.26. The van der Waals surface area contributed by atoms with Crippen LogP contribution in [0.3, 0.4) is 0 Å². The van der Waals surface area contributed by atoms with Crippen molar-refractivity contribution in [3.05, 3.63) is 52.5 Å². The zero-order valence-electron chi connectivity index (χ0n) is 10.0. The third-order valence-corrected chi connectivity index (χ3v) is 3.54. The Labute approximate surface area is 124 Å². The Morgan fingerprint density at radius 1 is 1.20 bits per heavy atom. The van der Waals surface area contributed by atoms with Gasteiger partial charge in [-0.2, -0.15) is 0 Å². The molecule has 0 saturated heterocycles. The zero-order chi connectivity index (χ0) is 14.1. The molecular formula is C13H8Cl2N4O. The summed E-state index contributed by atoms with van der Waals surface area (Å²) in [4.78, 5) is 22.8. The average molecular weight is 307 g/mol. The van der Waals surface area contributed by atoms with Crippen LogP contribution in [0.4, 0.5) is 5.82 Å². The predicted octanol–water partition coefficient (Wildman–Crippen LogP) is 3.52. The SMILES string of the molecule is O=C(Nc1ncnc(Cl)c1Cl)c1ccc2[nH]ccc2c1. The number of fused-ring (bicyclic) bond motifs is 1. The molecule has 5 nitrogen and oxygen atoms in total. The van der Waals surface area contributed by atoms with Gasteiger partial charge in [-0.25, -0.2) is 9.97 Å². The van der Waals surface area contributed by atoms with E-state index in [0.29, 0.717) is 5.56 Å². The minimum absolute atomic E-state index is 0.0954. The lowest BCUT2D eigenvalue weighted by Crippen LogP contribution is -2.13. The number of nitrogens with zero attached hydrogens (tertiary/aromatic N) is 2. The highest BCUT2D eigenvalue weighted by molar-refractivity contribution is 6.43. The van der Waals surface area contributed by atoms with Crippen molar-refractivity contribution in [1.29, 1.82) is 0 Å². The smallest absolute Gasteiger partial charge is 0.256 e. The summed E-state index contributed by atoms with van der Waals surface area (Å²) in [5.41, 5.74) is 1.47. The lowest BCUT2D eigenvalue weighted by Gasteiger charge is -2.06. The lowest BCUT2D eigenvalue weighted by atomic mass is 10.1. The quantitative estimate of drug-likeness (QED) is 0.712. The molecule has 0 radical (unpaired) electrons.